The zero-order valence-electron chi connectivity index (χ0n) is 17.9. The average molecular weight is 445 g/mol. The van der Waals surface area contributed by atoms with E-state index in [0.717, 1.165) is 58.4 Å². The number of anilines is 1. The van der Waals surface area contributed by atoms with E-state index in [9.17, 15) is 4.79 Å². The topological polar surface area (TPSA) is 77.6 Å². The Morgan fingerprint density at radius 2 is 1.78 bits per heavy atom. The highest BCUT2D eigenvalue weighted by Crippen LogP contribution is 2.28. The Balaban J connectivity index is 1.38. The molecule has 0 bridgehead atoms. The van der Waals surface area contributed by atoms with Crippen LogP contribution in [0.15, 0.2) is 71.0 Å². The number of carbonyl (C=O) groups excluding carboxylic acids is 1. The summed E-state index contributed by atoms with van der Waals surface area (Å²) in [7, 11) is 1.91. The SMILES string of the molecule is Cn1cnnc1Sc1ccc(NC(=O)c2nn(-c3ccccc3)c3c2CCCCC3)cc1. The third kappa shape index (κ3) is 4.18. The average Bonchev–Trinajstić information content (AvgIpc) is 3.30. The summed E-state index contributed by atoms with van der Waals surface area (Å²) in [5.74, 6) is -0.161. The summed E-state index contributed by atoms with van der Waals surface area (Å²) in [6.45, 7) is 0. The molecule has 4 aromatic rings. The van der Waals surface area contributed by atoms with Crippen LogP contribution < -0.4 is 5.32 Å². The molecule has 5 rings (SSSR count). The van der Waals surface area contributed by atoms with Crippen LogP contribution in [0.25, 0.3) is 5.69 Å². The van der Waals surface area contributed by atoms with Crippen LogP contribution >= 0.6 is 11.8 Å². The van der Waals surface area contributed by atoms with Gasteiger partial charge in [-0.25, -0.2) is 4.68 Å². The molecular formula is C24H24N6OS. The maximum Gasteiger partial charge on any atom is 0.276 e. The van der Waals surface area contributed by atoms with E-state index in [1.807, 2.05) is 70.9 Å². The first-order chi connectivity index (χ1) is 15.7. The highest BCUT2D eigenvalue weighted by Gasteiger charge is 2.24. The predicted molar refractivity (Wildman–Crippen MR) is 124 cm³/mol. The van der Waals surface area contributed by atoms with Crippen LogP contribution in [-0.2, 0) is 19.9 Å². The molecule has 162 valence electrons. The van der Waals surface area contributed by atoms with Gasteiger partial charge in [0.2, 0.25) is 0 Å². The molecular weight excluding hydrogens is 420 g/mol. The Bertz CT molecular complexity index is 1230. The molecule has 32 heavy (non-hydrogen) atoms. The van der Waals surface area contributed by atoms with Crippen LogP contribution in [0.1, 0.15) is 41.0 Å². The molecule has 0 radical (unpaired) electrons. The van der Waals surface area contributed by atoms with Crippen molar-refractivity contribution in [3.05, 3.63) is 77.9 Å². The van der Waals surface area contributed by atoms with Crippen molar-refractivity contribution in [2.24, 2.45) is 7.05 Å². The van der Waals surface area contributed by atoms with Crippen molar-refractivity contribution >= 4 is 23.4 Å². The first kappa shape index (κ1) is 20.5. The van der Waals surface area contributed by atoms with Crippen LogP contribution in [0.3, 0.4) is 0 Å². The molecule has 1 aliphatic rings. The van der Waals surface area contributed by atoms with Gasteiger partial charge >= 0.3 is 0 Å². The minimum Gasteiger partial charge on any atom is -0.321 e. The van der Waals surface area contributed by atoms with Crippen molar-refractivity contribution in [2.75, 3.05) is 5.32 Å². The van der Waals surface area contributed by atoms with Gasteiger partial charge in [-0.3, -0.25) is 4.79 Å². The number of nitrogens with one attached hydrogen (secondary N) is 1. The number of aryl methyl sites for hydroxylation is 1. The van der Waals surface area contributed by atoms with E-state index in [1.165, 1.54) is 18.2 Å². The van der Waals surface area contributed by atoms with Gasteiger partial charge in [0, 0.05) is 28.9 Å². The van der Waals surface area contributed by atoms with Gasteiger partial charge in [-0.2, -0.15) is 5.10 Å². The van der Waals surface area contributed by atoms with Crippen LogP contribution in [-0.4, -0.2) is 30.5 Å². The van der Waals surface area contributed by atoms with Crippen LogP contribution in [0.5, 0.6) is 0 Å². The van der Waals surface area contributed by atoms with Crippen molar-refractivity contribution in [3.8, 4) is 5.69 Å². The van der Waals surface area contributed by atoms with E-state index in [2.05, 4.69) is 15.5 Å². The lowest BCUT2D eigenvalue weighted by atomic mass is 10.1. The number of fused-ring (bicyclic) bond motifs is 1. The van der Waals surface area contributed by atoms with Gasteiger partial charge in [0.1, 0.15) is 6.33 Å². The Labute approximate surface area is 190 Å². The van der Waals surface area contributed by atoms with Crippen molar-refractivity contribution in [1.29, 1.82) is 0 Å². The lowest BCUT2D eigenvalue weighted by molar-refractivity contribution is 0.102. The van der Waals surface area contributed by atoms with E-state index in [0.29, 0.717) is 5.69 Å². The molecule has 0 unspecified atom stereocenters. The summed E-state index contributed by atoms with van der Waals surface area (Å²) in [6, 6.07) is 17.8. The second-order valence-corrected chi connectivity index (χ2v) is 8.93. The fourth-order valence-electron chi connectivity index (χ4n) is 4.01. The van der Waals surface area contributed by atoms with Gasteiger partial charge in [-0.05, 0) is 73.8 Å². The zero-order chi connectivity index (χ0) is 21.9. The van der Waals surface area contributed by atoms with Crippen LogP contribution in [0.4, 0.5) is 5.69 Å². The Kier molecular flexibility index (Phi) is 5.77. The molecule has 7 nitrogen and oxygen atoms in total. The molecule has 8 heteroatoms. The van der Waals surface area contributed by atoms with Crippen molar-refractivity contribution in [1.82, 2.24) is 24.5 Å². The van der Waals surface area contributed by atoms with Crippen LogP contribution in [0.2, 0.25) is 0 Å². The van der Waals surface area contributed by atoms with Crippen molar-refractivity contribution in [2.45, 2.75) is 42.2 Å². The summed E-state index contributed by atoms with van der Waals surface area (Å²) < 4.78 is 3.82. The Hall–Kier alpha value is -3.39. The Morgan fingerprint density at radius 3 is 2.53 bits per heavy atom. The number of para-hydroxylation sites is 1. The van der Waals surface area contributed by atoms with Gasteiger partial charge in [-0.1, -0.05) is 24.6 Å². The Morgan fingerprint density at radius 1 is 1.00 bits per heavy atom. The molecule has 0 spiro atoms. The molecule has 0 aliphatic heterocycles. The summed E-state index contributed by atoms with van der Waals surface area (Å²) in [4.78, 5) is 14.2. The summed E-state index contributed by atoms with van der Waals surface area (Å²) >= 11 is 1.53. The second-order valence-electron chi connectivity index (χ2n) is 7.89. The van der Waals surface area contributed by atoms with Gasteiger partial charge in [0.25, 0.3) is 5.91 Å². The summed E-state index contributed by atoms with van der Waals surface area (Å²) in [6.07, 6.45) is 6.89. The lowest BCUT2D eigenvalue weighted by Gasteiger charge is -2.06. The fourth-order valence-corrected chi connectivity index (χ4v) is 4.77. The third-order valence-corrected chi connectivity index (χ3v) is 6.70. The number of amides is 1. The molecule has 1 N–H and O–H groups in total. The molecule has 1 amide bonds. The molecule has 0 atom stereocenters. The predicted octanol–water partition coefficient (Wildman–Crippen LogP) is 4.67. The number of hydrogen-bond acceptors (Lipinski definition) is 5. The van der Waals surface area contributed by atoms with Crippen LogP contribution in [0, 0.1) is 0 Å². The van der Waals surface area contributed by atoms with Gasteiger partial charge < -0.3 is 9.88 Å². The second kappa shape index (κ2) is 9.00. The largest absolute Gasteiger partial charge is 0.321 e. The van der Waals surface area contributed by atoms with Gasteiger partial charge in [0.15, 0.2) is 10.9 Å². The van der Waals surface area contributed by atoms with E-state index in [1.54, 1.807) is 6.33 Å². The summed E-state index contributed by atoms with van der Waals surface area (Å²) in [5, 5.41) is 16.6. The number of aromatic nitrogens is 5. The van der Waals surface area contributed by atoms with E-state index in [4.69, 9.17) is 5.10 Å². The molecule has 0 fully saturated rings. The lowest BCUT2D eigenvalue weighted by Crippen LogP contribution is -2.15. The normalized spacial score (nSPS) is 13.4. The molecule has 0 saturated heterocycles. The molecule has 1 aliphatic carbocycles. The highest BCUT2D eigenvalue weighted by atomic mass is 32.2. The minimum absolute atomic E-state index is 0.161. The summed E-state index contributed by atoms with van der Waals surface area (Å²) in [5.41, 5.74) is 4.51. The number of rotatable bonds is 5. The minimum atomic E-state index is -0.161. The van der Waals surface area contributed by atoms with Gasteiger partial charge in [-0.15, -0.1) is 10.2 Å². The van der Waals surface area contributed by atoms with Gasteiger partial charge in [0.05, 0.1) is 5.69 Å². The molecule has 0 saturated carbocycles. The fraction of sp³-hybridized carbons (Fsp3) is 0.250. The maximum absolute atomic E-state index is 13.2. The quantitative estimate of drug-likeness (QED) is 0.453. The number of carbonyl (C=O) groups is 1. The third-order valence-electron chi connectivity index (χ3n) is 5.64. The van der Waals surface area contributed by atoms with E-state index >= 15 is 0 Å². The number of nitrogens with zero attached hydrogens (tertiary/aromatic N) is 5. The van der Waals surface area contributed by atoms with E-state index < -0.39 is 0 Å². The monoisotopic (exact) mass is 444 g/mol. The first-order valence-corrected chi connectivity index (χ1v) is 11.6. The zero-order valence-corrected chi connectivity index (χ0v) is 18.7. The molecule has 2 aromatic carbocycles. The number of benzene rings is 2. The van der Waals surface area contributed by atoms with Crippen molar-refractivity contribution in [3.63, 3.8) is 0 Å². The number of hydrogen-bond donors (Lipinski definition) is 1. The highest BCUT2D eigenvalue weighted by molar-refractivity contribution is 7.99. The standard InChI is InChI=1S/C24H24N6OS/c1-29-16-25-27-24(29)32-19-14-12-17(13-15-19)26-23(31)22-20-10-6-3-7-11-21(20)30(28-22)18-8-4-2-5-9-18/h2,4-5,8-9,12-16H,3,6-7,10-11H2,1H3,(H,26,31). The first-order valence-electron chi connectivity index (χ1n) is 10.8. The van der Waals surface area contributed by atoms with Crippen molar-refractivity contribution < 1.29 is 4.79 Å². The molecule has 2 heterocycles. The molecule has 2 aromatic heterocycles. The van der Waals surface area contributed by atoms with E-state index in [-0.39, 0.29) is 5.91 Å². The smallest absolute Gasteiger partial charge is 0.276 e. The maximum atomic E-state index is 13.2.